The molecular weight excluding hydrogens is 400 g/mol. The summed E-state index contributed by atoms with van der Waals surface area (Å²) in [6.45, 7) is 0. The topological polar surface area (TPSA) is 54.4 Å². The van der Waals surface area contributed by atoms with Gasteiger partial charge in [-0.1, -0.05) is 50.1 Å². The maximum Gasteiger partial charge on any atom is 0.220 e. The lowest BCUT2D eigenvalue weighted by Crippen LogP contribution is -2.01. The van der Waals surface area contributed by atoms with Gasteiger partial charge in [-0.2, -0.15) is 0 Å². The van der Waals surface area contributed by atoms with E-state index in [1.165, 1.54) is 24.3 Å². The Balaban J connectivity index is 2.35. The zero-order chi connectivity index (χ0) is 15.4. The number of hydrogen-bond acceptors (Lipinski definition) is 3. The molecule has 3 nitrogen and oxygen atoms in total. The molecule has 2 aromatic carbocycles. The summed E-state index contributed by atoms with van der Waals surface area (Å²) in [6, 6.07) is 11.5. The van der Waals surface area contributed by atoms with Crippen molar-refractivity contribution >= 4 is 43.7 Å². The molecule has 0 radical (unpaired) electrons. The summed E-state index contributed by atoms with van der Waals surface area (Å²) in [5, 5.41) is 9.79. The van der Waals surface area contributed by atoms with Crippen molar-refractivity contribution in [3.63, 3.8) is 0 Å². The molecule has 0 bridgehead atoms. The molecule has 0 saturated heterocycles. The van der Waals surface area contributed by atoms with Crippen LogP contribution >= 0.6 is 31.9 Å². The second-order valence-electron chi connectivity index (χ2n) is 4.24. The quantitative estimate of drug-likeness (QED) is 0.611. The number of allylic oxidation sites excluding steroid dienone is 1. The first-order valence-electron chi connectivity index (χ1n) is 5.98. The van der Waals surface area contributed by atoms with Gasteiger partial charge in [-0.15, -0.1) is 0 Å². The summed E-state index contributed by atoms with van der Waals surface area (Å²) in [4.78, 5) is 23.7. The Morgan fingerprint density at radius 3 is 2.29 bits per heavy atom. The number of carbonyl (C=O) groups is 1. The molecule has 21 heavy (non-hydrogen) atoms. The highest BCUT2D eigenvalue weighted by Gasteiger charge is 2.10. The average Bonchev–Trinajstić information content (AvgIpc) is 2.60. The summed E-state index contributed by atoms with van der Waals surface area (Å²) in [5.74, 6) is -0.990. The maximum absolute atomic E-state index is 12.1. The predicted octanol–water partition coefficient (Wildman–Crippen LogP) is 4.17. The van der Waals surface area contributed by atoms with Crippen LogP contribution < -0.4 is 5.43 Å². The van der Waals surface area contributed by atoms with Gasteiger partial charge < -0.3 is 5.11 Å². The van der Waals surface area contributed by atoms with Crippen LogP contribution in [0.2, 0.25) is 0 Å². The van der Waals surface area contributed by atoms with Gasteiger partial charge in [0.15, 0.2) is 11.5 Å². The Labute approximate surface area is 138 Å². The molecule has 0 saturated carbocycles. The van der Waals surface area contributed by atoms with E-state index in [0.29, 0.717) is 4.47 Å². The number of halogens is 2. The van der Waals surface area contributed by atoms with Gasteiger partial charge >= 0.3 is 0 Å². The average molecular weight is 410 g/mol. The van der Waals surface area contributed by atoms with Crippen LogP contribution in [0.25, 0.3) is 6.08 Å². The number of hydrogen-bond donors (Lipinski definition) is 1. The van der Waals surface area contributed by atoms with Crippen molar-refractivity contribution < 1.29 is 9.90 Å². The lowest BCUT2D eigenvalue weighted by Gasteiger charge is -1.96. The fraction of sp³-hybridized carbons (Fsp3) is 0. The van der Waals surface area contributed by atoms with Crippen LogP contribution in [0.4, 0.5) is 0 Å². The van der Waals surface area contributed by atoms with Crippen LogP contribution in [-0.2, 0) is 0 Å². The van der Waals surface area contributed by atoms with Gasteiger partial charge in [-0.3, -0.25) is 9.59 Å². The highest BCUT2D eigenvalue weighted by atomic mass is 79.9. The molecule has 0 heterocycles. The fourth-order valence-electron chi connectivity index (χ4n) is 1.64. The van der Waals surface area contributed by atoms with E-state index in [1.54, 1.807) is 6.08 Å². The minimum absolute atomic E-state index is 0.0368. The van der Waals surface area contributed by atoms with Crippen LogP contribution in [-0.4, -0.2) is 10.9 Å². The van der Waals surface area contributed by atoms with E-state index in [9.17, 15) is 14.7 Å². The number of aromatic hydroxyl groups is 1. The third kappa shape index (κ3) is 4.12. The summed E-state index contributed by atoms with van der Waals surface area (Å²) in [5.41, 5.74) is 0.207. The van der Waals surface area contributed by atoms with Gasteiger partial charge in [0.05, 0.1) is 5.56 Å². The molecule has 0 amide bonds. The summed E-state index contributed by atoms with van der Waals surface area (Å²) in [7, 11) is 0. The van der Waals surface area contributed by atoms with E-state index >= 15 is 0 Å². The van der Waals surface area contributed by atoms with Crippen molar-refractivity contribution in [1.82, 2.24) is 0 Å². The summed E-state index contributed by atoms with van der Waals surface area (Å²) < 4.78 is 1.49. The van der Waals surface area contributed by atoms with Gasteiger partial charge in [0.1, 0.15) is 0 Å². The first-order chi connectivity index (χ1) is 9.97. The van der Waals surface area contributed by atoms with Crippen LogP contribution in [0.5, 0.6) is 5.75 Å². The second kappa shape index (κ2) is 6.83. The molecule has 5 heteroatoms. The van der Waals surface area contributed by atoms with Crippen molar-refractivity contribution in [3.05, 3.63) is 78.8 Å². The van der Waals surface area contributed by atoms with E-state index in [0.717, 1.165) is 10.0 Å². The molecule has 0 aliphatic carbocycles. The second-order valence-corrected chi connectivity index (χ2v) is 6.07. The molecular formula is C16H10Br2O3. The summed E-state index contributed by atoms with van der Waals surface area (Å²) in [6.07, 6.45) is 2.95. The zero-order valence-electron chi connectivity index (χ0n) is 10.7. The van der Waals surface area contributed by atoms with Gasteiger partial charge in [-0.05, 0) is 42.0 Å². The van der Waals surface area contributed by atoms with E-state index < -0.39 is 17.0 Å². The molecule has 0 atom stereocenters. The van der Waals surface area contributed by atoms with Gasteiger partial charge in [-0.25, -0.2) is 0 Å². The molecule has 2 rings (SSSR count). The predicted molar refractivity (Wildman–Crippen MR) is 89.6 cm³/mol. The van der Waals surface area contributed by atoms with E-state index in [4.69, 9.17) is 0 Å². The normalized spacial score (nSPS) is 10.8. The van der Waals surface area contributed by atoms with E-state index in [1.807, 2.05) is 24.3 Å². The molecule has 1 N–H and O–H groups in total. The first kappa shape index (κ1) is 15.7. The standard InChI is InChI=1S/C16H10Br2O3/c17-11-4-1-10(2-5-11)3-7-14(19)13-9-12(18)6-8-15(20)16(13)21/h1-9H,(H,20,21)/b7-3+. The van der Waals surface area contributed by atoms with E-state index in [2.05, 4.69) is 31.9 Å². The number of benzene rings is 1. The van der Waals surface area contributed by atoms with Crippen molar-refractivity contribution in [2.24, 2.45) is 0 Å². The smallest absolute Gasteiger partial charge is 0.220 e. The minimum Gasteiger partial charge on any atom is -0.504 e. The largest absolute Gasteiger partial charge is 0.504 e. The van der Waals surface area contributed by atoms with Crippen LogP contribution in [0.1, 0.15) is 15.9 Å². The van der Waals surface area contributed by atoms with Crippen LogP contribution in [0, 0.1) is 0 Å². The Hall–Kier alpha value is -1.72. The van der Waals surface area contributed by atoms with Crippen molar-refractivity contribution in [1.29, 1.82) is 0 Å². The lowest BCUT2D eigenvalue weighted by molar-refractivity contribution is 0.104. The molecule has 2 aromatic rings. The fourth-order valence-corrected chi connectivity index (χ4v) is 2.27. The molecule has 0 aromatic heterocycles. The first-order valence-corrected chi connectivity index (χ1v) is 7.57. The number of rotatable bonds is 3. The minimum atomic E-state index is -0.596. The highest BCUT2D eigenvalue weighted by Crippen LogP contribution is 2.18. The highest BCUT2D eigenvalue weighted by molar-refractivity contribution is 9.10. The van der Waals surface area contributed by atoms with Gasteiger partial charge in [0, 0.05) is 8.95 Å². The van der Waals surface area contributed by atoms with Gasteiger partial charge in [0.25, 0.3) is 0 Å². The SMILES string of the molecule is O=C(/C=C/c1ccc(Br)cc1)c1cc(Br)ccc(=O)c1O. The van der Waals surface area contributed by atoms with Gasteiger partial charge in [0.2, 0.25) is 5.43 Å². The molecule has 0 fully saturated rings. The molecule has 106 valence electrons. The van der Waals surface area contributed by atoms with Crippen molar-refractivity contribution in [3.8, 4) is 5.75 Å². The third-order valence-electron chi connectivity index (χ3n) is 2.73. The monoisotopic (exact) mass is 408 g/mol. The Bertz CT molecular complexity index is 765. The number of carbonyl (C=O) groups excluding carboxylic acids is 1. The Morgan fingerprint density at radius 2 is 1.62 bits per heavy atom. The molecule has 0 spiro atoms. The van der Waals surface area contributed by atoms with E-state index in [-0.39, 0.29) is 5.56 Å². The summed E-state index contributed by atoms with van der Waals surface area (Å²) >= 11 is 6.53. The van der Waals surface area contributed by atoms with Crippen LogP contribution in [0.15, 0.2) is 62.3 Å². The zero-order valence-corrected chi connectivity index (χ0v) is 13.9. The number of ketones is 1. The Kier molecular flexibility index (Phi) is 5.09. The molecule has 0 unspecified atom stereocenters. The third-order valence-corrected chi connectivity index (χ3v) is 3.75. The molecule has 0 aliphatic rings. The van der Waals surface area contributed by atoms with Crippen molar-refractivity contribution in [2.45, 2.75) is 0 Å². The Morgan fingerprint density at radius 1 is 1.00 bits per heavy atom. The van der Waals surface area contributed by atoms with Crippen LogP contribution in [0.3, 0.4) is 0 Å². The maximum atomic E-state index is 12.1. The lowest BCUT2D eigenvalue weighted by atomic mass is 10.1. The molecule has 0 aliphatic heterocycles. The van der Waals surface area contributed by atoms with Crippen molar-refractivity contribution in [2.75, 3.05) is 0 Å².